The van der Waals surface area contributed by atoms with Crippen molar-refractivity contribution in [3.05, 3.63) is 41.9 Å². The smallest absolute Gasteiger partial charge is 0.124 e. The Morgan fingerprint density at radius 1 is 1.14 bits per heavy atom. The summed E-state index contributed by atoms with van der Waals surface area (Å²) < 4.78 is 10.5. The van der Waals surface area contributed by atoms with E-state index < -0.39 is 0 Å². The molecule has 5 heteroatoms. The van der Waals surface area contributed by atoms with Gasteiger partial charge in [-0.1, -0.05) is 17.3 Å². The molecular weight excluding hydrogens is 278 g/mol. The number of ether oxygens (including phenoxy) is 1. The zero-order chi connectivity index (χ0) is 15.0. The van der Waals surface area contributed by atoms with E-state index in [1.165, 1.54) is 18.5 Å². The number of piperazine rings is 1. The standard InChI is InChI=1S/C17H25N3O2/c1-2-4-17(5-3-1)20-10-8-19(9-11-20)12-15-21-13-6-16-7-14-22-18-16/h2,4-5,7,14H,1,3,6,8-13,15H2. The van der Waals surface area contributed by atoms with Gasteiger partial charge in [0.05, 0.1) is 18.9 Å². The highest BCUT2D eigenvalue weighted by molar-refractivity contribution is 5.21. The average molecular weight is 303 g/mol. The minimum absolute atomic E-state index is 0.712. The summed E-state index contributed by atoms with van der Waals surface area (Å²) >= 11 is 0. The van der Waals surface area contributed by atoms with Gasteiger partial charge in [-0.3, -0.25) is 4.90 Å². The van der Waals surface area contributed by atoms with E-state index in [4.69, 9.17) is 9.26 Å². The van der Waals surface area contributed by atoms with Crippen LogP contribution in [0.25, 0.3) is 0 Å². The largest absolute Gasteiger partial charge is 0.380 e. The molecule has 1 saturated heterocycles. The van der Waals surface area contributed by atoms with Gasteiger partial charge in [-0.15, -0.1) is 0 Å². The third-order valence-corrected chi connectivity index (χ3v) is 4.26. The molecule has 5 nitrogen and oxygen atoms in total. The molecule has 2 heterocycles. The highest BCUT2D eigenvalue weighted by Crippen LogP contribution is 2.16. The Morgan fingerprint density at radius 2 is 2.05 bits per heavy atom. The van der Waals surface area contributed by atoms with Crippen molar-refractivity contribution in [2.45, 2.75) is 19.3 Å². The fourth-order valence-corrected chi connectivity index (χ4v) is 2.90. The van der Waals surface area contributed by atoms with Crippen LogP contribution in [-0.2, 0) is 11.2 Å². The Balaban J connectivity index is 1.27. The second-order valence-corrected chi connectivity index (χ2v) is 5.79. The van der Waals surface area contributed by atoms with Gasteiger partial charge >= 0.3 is 0 Å². The lowest BCUT2D eigenvalue weighted by Gasteiger charge is -2.37. The van der Waals surface area contributed by atoms with Crippen LogP contribution in [0.1, 0.15) is 18.5 Å². The van der Waals surface area contributed by atoms with Crippen molar-refractivity contribution in [3.63, 3.8) is 0 Å². The fourth-order valence-electron chi connectivity index (χ4n) is 2.90. The maximum atomic E-state index is 5.69. The normalized spacial score (nSPS) is 19.5. The van der Waals surface area contributed by atoms with Gasteiger partial charge in [0.15, 0.2) is 0 Å². The number of nitrogens with zero attached hydrogens (tertiary/aromatic N) is 3. The molecule has 1 aliphatic carbocycles. The van der Waals surface area contributed by atoms with E-state index in [9.17, 15) is 0 Å². The molecule has 0 spiro atoms. The third-order valence-electron chi connectivity index (χ3n) is 4.26. The van der Waals surface area contributed by atoms with Gasteiger partial charge in [0.1, 0.15) is 6.26 Å². The number of allylic oxidation sites excluding steroid dienone is 3. The molecule has 3 rings (SSSR count). The molecule has 1 fully saturated rings. The van der Waals surface area contributed by atoms with Crippen LogP contribution in [0.3, 0.4) is 0 Å². The summed E-state index contributed by atoms with van der Waals surface area (Å²) in [7, 11) is 0. The number of aromatic nitrogens is 1. The molecule has 1 aromatic heterocycles. The Labute approximate surface area is 132 Å². The average Bonchev–Trinajstić information content (AvgIpc) is 3.09. The van der Waals surface area contributed by atoms with Gasteiger partial charge in [-0.05, 0) is 18.9 Å². The molecule has 0 unspecified atom stereocenters. The first-order chi connectivity index (χ1) is 10.9. The topological polar surface area (TPSA) is 41.7 Å². The van der Waals surface area contributed by atoms with Crippen molar-refractivity contribution < 1.29 is 9.26 Å². The Morgan fingerprint density at radius 3 is 2.77 bits per heavy atom. The first-order valence-electron chi connectivity index (χ1n) is 8.23. The second-order valence-electron chi connectivity index (χ2n) is 5.79. The van der Waals surface area contributed by atoms with Crippen molar-refractivity contribution in [3.8, 4) is 0 Å². The highest BCUT2D eigenvalue weighted by Gasteiger charge is 2.17. The summed E-state index contributed by atoms with van der Waals surface area (Å²) in [6.07, 6.45) is 11.7. The summed E-state index contributed by atoms with van der Waals surface area (Å²) in [4.78, 5) is 4.98. The van der Waals surface area contributed by atoms with Crippen LogP contribution in [0.2, 0.25) is 0 Å². The van der Waals surface area contributed by atoms with E-state index in [-0.39, 0.29) is 0 Å². The van der Waals surface area contributed by atoms with E-state index in [1.54, 1.807) is 6.26 Å². The van der Waals surface area contributed by atoms with Crippen molar-refractivity contribution in [1.82, 2.24) is 15.0 Å². The minimum Gasteiger partial charge on any atom is -0.380 e. The van der Waals surface area contributed by atoms with Crippen molar-refractivity contribution >= 4 is 0 Å². The van der Waals surface area contributed by atoms with Crippen LogP contribution in [-0.4, -0.2) is 60.9 Å². The molecular formula is C17H25N3O2. The van der Waals surface area contributed by atoms with Crippen LogP contribution in [0.15, 0.2) is 40.8 Å². The molecule has 0 saturated carbocycles. The summed E-state index contributed by atoms with van der Waals surface area (Å²) in [6, 6.07) is 1.89. The highest BCUT2D eigenvalue weighted by atomic mass is 16.5. The molecule has 0 aromatic carbocycles. The second kappa shape index (κ2) is 8.15. The molecule has 0 radical (unpaired) electrons. The Bertz CT molecular complexity index is 488. The van der Waals surface area contributed by atoms with Crippen molar-refractivity contribution in [2.75, 3.05) is 45.9 Å². The van der Waals surface area contributed by atoms with Crippen molar-refractivity contribution in [1.29, 1.82) is 0 Å². The zero-order valence-corrected chi connectivity index (χ0v) is 13.1. The summed E-state index contributed by atoms with van der Waals surface area (Å²) in [5.74, 6) is 0. The predicted octanol–water partition coefficient (Wildman–Crippen LogP) is 2.09. The van der Waals surface area contributed by atoms with Crippen LogP contribution in [0.5, 0.6) is 0 Å². The first-order valence-corrected chi connectivity index (χ1v) is 8.23. The number of rotatable bonds is 7. The lowest BCUT2D eigenvalue weighted by molar-refractivity contribution is 0.0849. The van der Waals surface area contributed by atoms with E-state index in [2.05, 4.69) is 33.2 Å². The third kappa shape index (κ3) is 4.45. The molecule has 0 N–H and O–H groups in total. The van der Waals surface area contributed by atoms with Crippen LogP contribution in [0, 0.1) is 0 Å². The molecule has 0 amide bonds. The first kappa shape index (κ1) is 15.3. The maximum Gasteiger partial charge on any atom is 0.124 e. The van der Waals surface area contributed by atoms with Gasteiger partial charge in [0.25, 0.3) is 0 Å². The van der Waals surface area contributed by atoms with Gasteiger partial charge in [0, 0.05) is 50.9 Å². The van der Waals surface area contributed by atoms with E-state index in [0.717, 1.165) is 51.4 Å². The van der Waals surface area contributed by atoms with E-state index in [0.29, 0.717) is 6.61 Å². The predicted molar refractivity (Wildman–Crippen MR) is 85.5 cm³/mol. The summed E-state index contributed by atoms with van der Waals surface area (Å²) in [6.45, 7) is 7.01. The van der Waals surface area contributed by atoms with E-state index >= 15 is 0 Å². The van der Waals surface area contributed by atoms with Crippen LogP contribution in [0.4, 0.5) is 0 Å². The van der Waals surface area contributed by atoms with Gasteiger partial charge < -0.3 is 14.2 Å². The number of hydrogen-bond acceptors (Lipinski definition) is 5. The van der Waals surface area contributed by atoms with Gasteiger partial charge in [-0.2, -0.15) is 0 Å². The quantitative estimate of drug-likeness (QED) is 0.722. The lowest BCUT2D eigenvalue weighted by atomic mass is 10.1. The monoisotopic (exact) mass is 303 g/mol. The summed E-state index contributed by atoms with van der Waals surface area (Å²) in [5.41, 5.74) is 2.37. The molecule has 22 heavy (non-hydrogen) atoms. The van der Waals surface area contributed by atoms with Crippen LogP contribution >= 0.6 is 0 Å². The fraction of sp³-hybridized carbons (Fsp3) is 0.588. The lowest BCUT2D eigenvalue weighted by Crippen LogP contribution is -2.46. The maximum absolute atomic E-state index is 5.69. The zero-order valence-electron chi connectivity index (χ0n) is 13.1. The molecule has 2 aliphatic rings. The van der Waals surface area contributed by atoms with Crippen LogP contribution < -0.4 is 0 Å². The van der Waals surface area contributed by atoms with E-state index in [1.807, 2.05) is 6.07 Å². The molecule has 0 atom stereocenters. The molecule has 1 aromatic rings. The Kier molecular flexibility index (Phi) is 5.67. The van der Waals surface area contributed by atoms with Gasteiger partial charge in [-0.25, -0.2) is 0 Å². The minimum atomic E-state index is 0.712. The summed E-state index contributed by atoms with van der Waals surface area (Å²) in [5, 5.41) is 3.87. The SMILES string of the molecule is C1=CC(N2CCN(CCOCCc3ccon3)CC2)=CCC1. The Hall–Kier alpha value is -1.59. The molecule has 1 aliphatic heterocycles. The molecule has 0 bridgehead atoms. The van der Waals surface area contributed by atoms with Crippen molar-refractivity contribution in [2.24, 2.45) is 0 Å². The van der Waals surface area contributed by atoms with Gasteiger partial charge in [0.2, 0.25) is 0 Å². The molecule has 120 valence electrons. The number of hydrogen-bond donors (Lipinski definition) is 0.